The van der Waals surface area contributed by atoms with Crippen LogP contribution in [0.5, 0.6) is 0 Å². The second-order valence-corrected chi connectivity index (χ2v) is 8.55. The molecule has 0 aliphatic heterocycles. The fourth-order valence-corrected chi connectivity index (χ4v) is 2.21. The molecule has 0 saturated heterocycles. The van der Waals surface area contributed by atoms with E-state index >= 15 is 0 Å². The lowest BCUT2D eigenvalue weighted by molar-refractivity contribution is -0.147. The third kappa shape index (κ3) is 12.2. The van der Waals surface area contributed by atoms with E-state index in [0.717, 1.165) is 25.9 Å². The Bertz CT molecular complexity index is 471. The highest BCUT2D eigenvalue weighted by molar-refractivity contribution is 7.80. The average Bonchev–Trinajstić information content (AvgIpc) is 2.54. The summed E-state index contributed by atoms with van der Waals surface area (Å²) in [6.45, 7) is 10.2. The Morgan fingerprint density at radius 2 is 1.27 bits per heavy atom. The van der Waals surface area contributed by atoms with Crippen LogP contribution in [0.2, 0.25) is 0 Å². The lowest BCUT2D eigenvalue weighted by atomic mass is 9.90. The summed E-state index contributed by atoms with van der Waals surface area (Å²) in [6, 6.07) is 0. The zero-order valence-corrected chi connectivity index (χ0v) is 17.9. The Balaban J connectivity index is 3.66. The van der Waals surface area contributed by atoms with Crippen molar-refractivity contribution >= 4 is 40.6 Å². The molecule has 6 N–H and O–H groups in total. The van der Waals surface area contributed by atoms with Crippen LogP contribution in [0.15, 0.2) is 0 Å². The first-order chi connectivity index (χ1) is 12.0. The molecule has 0 aliphatic carbocycles. The van der Waals surface area contributed by atoms with Crippen LogP contribution in [0, 0.1) is 10.8 Å². The molecule has 0 aromatic rings. The van der Waals surface area contributed by atoms with Crippen LogP contribution >= 0.6 is 24.4 Å². The van der Waals surface area contributed by atoms with Gasteiger partial charge in [0.1, 0.15) is 0 Å². The molecule has 0 aromatic heterocycles. The fraction of sp³-hybridized carbons (Fsp3) is 0.824. The Labute approximate surface area is 167 Å². The van der Waals surface area contributed by atoms with E-state index in [0.29, 0.717) is 29.7 Å². The molecule has 0 fully saturated rings. The Morgan fingerprint density at radius 1 is 0.846 bits per heavy atom. The van der Waals surface area contributed by atoms with Gasteiger partial charge in [-0.1, -0.05) is 13.8 Å². The number of rotatable bonds is 12. The van der Waals surface area contributed by atoms with Gasteiger partial charge in [-0.15, -0.1) is 0 Å². The van der Waals surface area contributed by atoms with Crippen molar-refractivity contribution in [3.63, 3.8) is 0 Å². The third-order valence-electron chi connectivity index (χ3n) is 4.05. The molecule has 0 aliphatic rings. The number of carboxylic acids is 1. The minimum absolute atomic E-state index is 0.102. The van der Waals surface area contributed by atoms with Crippen LogP contribution in [0.4, 0.5) is 0 Å². The zero-order chi connectivity index (χ0) is 20.2. The largest absolute Gasteiger partial charge is 0.481 e. The van der Waals surface area contributed by atoms with Crippen LogP contribution in [-0.2, 0) is 4.79 Å². The summed E-state index contributed by atoms with van der Waals surface area (Å²) in [5.41, 5.74) is -0.865. The molecule has 0 bridgehead atoms. The van der Waals surface area contributed by atoms with E-state index in [-0.39, 0.29) is 12.0 Å². The number of hydrogen-bond donors (Lipinski definition) is 6. The number of carboxylic acid groups (broad SMARTS) is 1. The number of thiocarbonyl (C=S) groups is 2. The van der Waals surface area contributed by atoms with E-state index in [4.69, 9.17) is 29.5 Å². The topological polar surface area (TPSA) is 106 Å². The number of aliphatic carboxylic acids is 1. The van der Waals surface area contributed by atoms with E-state index in [1.54, 1.807) is 13.8 Å². The molecule has 0 heterocycles. The maximum Gasteiger partial charge on any atom is 0.309 e. The lowest BCUT2D eigenvalue weighted by Gasteiger charge is -2.22. The summed E-state index contributed by atoms with van der Waals surface area (Å²) in [7, 11) is 0. The number of carbonyl (C=O) groups is 1. The van der Waals surface area contributed by atoms with Crippen molar-refractivity contribution in [3.8, 4) is 0 Å². The molecule has 0 saturated carbocycles. The highest BCUT2D eigenvalue weighted by atomic mass is 32.1. The average molecular weight is 407 g/mol. The summed E-state index contributed by atoms with van der Waals surface area (Å²) in [5, 5.41) is 31.7. The predicted molar refractivity (Wildman–Crippen MR) is 113 cm³/mol. The molecular weight excluding hydrogens is 372 g/mol. The lowest BCUT2D eigenvalue weighted by Crippen LogP contribution is -2.40. The summed E-state index contributed by atoms with van der Waals surface area (Å²) in [5.74, 6) is -0.811. The first-order valence-electron chi connectivity index (χ1n) is 8.88. The van der Waals surface area contributed by atoms with E-state index in [1.165, 1.54) is 0 Å². The second kappa shape index (κ2) is 12.2. The maximum absolute atomic E-state index is 11.0. The maximum atomic E-state index is 11.0. The number of nitrogens with one attached hydrogen (secondary N) is 4. The van der Waals surface area contributed by atoms with E-state index in [2.05, 4.69) is 21.3 Å². The van der Waals surface area contributed by atoms with Crippen molar-refractivity contribution in [2.45, 2.75) is 47.0 Å². The molecule has 0 spiro atoms. The van der Waals surface area contributed by atoms with Gasteiger partial charge in [-0.25, -0.2) is 0 Å². The molecule has 0 rings (SSSR count). The molecule has 0 amide bonds. The standard InChI is InChI=1S/C17H34N4O3S2/c1-16(2,12-22)6-10-20-14(25)18-8-5-9-19-15(26)21-11-7-17(3,4)13(23)24/h22H,5-12H2,1-4H3,(H,23,24)(H2,18,20,25)(H2,19,21,26). The normalized spacial score (nSPS) is 11.6. The van der Waals surface area contributed by atoms with E-state index in [1.807, 2.05) is 13.8 Å². The molecule has 26 heavy (non-hydrogen) atoms. The van der Waals surface area contributed by atoms with Crippen LogP contribution < -0.4 is 21.3 Å². The van der Waals surface area contributed by atoms with Crippen molar-refractivity contribution < 1.29 is 15.0 Å². The third-order valence-corrected chi connectivity index (χ3v) is 4.63. The molecule has 7 nitrogen and oxygen atoms in total. The summed E-state index contributed by atoms with van der Waals surface area (Å²) >= 11 is 10.4. The van der Waals surface area contributed by atoms with Crippen molar-refractivity contribution in [1.82, 2.24) is 21.3 Å². The van der Waals surface area contributed by atoms with Gasteiger partial charge in [0.25, 0.3) is 0 Å². The fourth-order valence-electron chi connectivity index (χ4n) is 1.81. The van der Waals surface area contributed by atoms with Crippen molar-refractivity contribution in [2.24, 2.45) is 10.8 Å². The first-order valence-corrected chi connectivity index (χ1v) is 9.69. The van der Waals surface area contributed by atoms with Gasteiger partial charge in [0.05, 0.1) is 5.41 Å². The van der Waals surface area contributed by atoms with Crippen LogP contribution in [0.25, 0.3) is 0 Å². The number of aliphatic hydroxyl groups is 1. The molecule has 0 atom stereocenters. The Kier molecular flexibility index (Phi) is 11.7. The minimum Gasteiger partial charge on any atom is -0.481 e. The molecule has 0 aromatic carbocycles. The summed E-state index contributed by atoms with van der Waals surface area (Å²) in [6.07, 6.45) is 2.18. The van der Waals surface area contributed by atoms with E-state index < -0.39 is 11.4 Å². The van der Waals surface area contributed by atoms with Gasteiger partial charge in [-0.2, -0.15) is 0 Å². The molecular formula is C17H34N4O3S2. The van der Waals surface area contributed by atoms with Gasteiger partial charge in [0.2, 0.25) is 0 Å². The molecule has 0 unspecified atom stereocenters. The van der Waals surface area contributed by atoms with Crippen molar-refractivity contribution in [1.29, 1.82) is 0 Å². The first kappa shape index (κ1) is 24.8. The quantitative estimate of drug-likeness (QED) is 0.211. The van der Waals surface area contributed by atoms with Crippen LogP contribution in [0.1, 0.15) is 47.0 Å². The number of hydrogen-bond acceptors (Lipinski definition) is 4. The smallest absolute Gasteiger partial charge is 0.309 e. The predicted octanol–water partition coefficient (Wildman–Crippen LogP) is 1.21. The molecule has 0 radical (unpaired) electrons. The SMILES string of the molecule is CC(C)(CO)CCNC(=S)NCCCNC(=S)NCCC(C)(C)C(=O)O. The van der Waals surface area contributed by atoms with Gasteiger partial charge in [0, 0.05) is 32.8 Å². The second-order valence-electron chi connectivity index (χ2n) is 7.73. The highest BCUT2D eigenvalue weighted by Crippen LogP contribution is 2.19. The highest BCUT2D eigenvalue weighted by Gasteiger charge is 2.26. The van der Waals surface area contributed by atoms with Crippen LogP contribution in [-0.4, -0.2) is 59.2 Å². The van der Waals surface area contributed by atoms with Gasteiger partial charge >= 0.3 is 5.97 Å². The van der Waals surface area contributed by atoms with Gasteiger partial charge < -0.3 is 31.5 Å². The van der Waals surface area contributed by atoms with E-state index in [9.17, 15) is 9.90 Å². The molecule has 9 heteroatoms. The number of aliphatic hydroxyl groups excluding tert-OH is 1. The van der Waals surface area contributed by atoms with Crippen molar-refractivity contribution in [3.05, 3.63) is 0 Å². The summed E-state index contributed by atoms with van der Waals surface area (Å²) in [4.78, 5) is 11.0. The van der Waals surface area contributed by atoms with Gasteiger partial charge in [0.15, 0.2) is 10.2 Å². The Hall–Kier alpha value is -1.19. The minimum atomic E-state index is -0.811. The zero-order valence-electron chi connectivity index (χ0n) is 16.3. The van der Waals surface area contributed by atoms with Crippen molar-refractivity contribution in [2.75, 3.05) is 32.8 Å². The Morgan fingerprint density at radius 3 is 1.69 bits per heavy atom. The monoisotopic (exact) mass is 406 g/mol. The van der Waals surface area contributed by atoms with Crippen LogP contribution in [0.3, 0.4) is 0 Å². The van der Waals surface area contributed by atoms with Gasteiger partial charge in [-0.05, 0) is 63.0 Å². The van der Waals surface area contributed by atoms with Gasteiger partial charge in [-0.3, -0.25) is 4.79 Å². The molecule has 152 valence electrons. The summed E-state index contributed by atoms with van der Waals surface area (Å²) < 4.78 is 0.